The first-order valence-corrected chi connectivity index (χ1v) is 7.80. The number of hydrogen-bond acceptors (Lipinski definition) is 4. The van der Waals surface area contributed by atoms with E-state index in [2.05, 4.69) is 10.3 Å². The van der Waals surface area contributed by atoms with Crippen molar-refractivity contribution in [2.45, 2.75) is 26.3 Å². The van der Waals surface area contributed by atoms with Gasteiger partial charge in [0.25, 0.3) is 0 Å². The fourth-order valence-electron chi connectivity index (χ4n) is 2.05. The van der Waals surface area contributed by atoms with Crippen LogP contribution >= 0.6 is 0 Å². The molecule has 5 nitrogen and oxygen atoms in total. The summed E-state index contributed by atoms with van der Waals surface area (Å²) in [5, 5.41) is 2.87. The second kappa shape index (κ2) is 9.46. The average molecular weight is 314 g/mol. The Morgan fingerprint density at radius 3 is 2.61 bits per heavy atom. The summed E-state index contributed by atoms with van der Waals surface area (Å²) in [6.07, 6.45) is 4.53. The number of ether oxygens (including phenoxy) is 2. The quantitative estimate of drug-likeness (QED) is 0.723. The highest BCUT2D eigenvalue weighted by atomic mass is 16.5. The first kappa shape index (κ1) is 16.8. The predicted octanol–water partition coefficient (Wildman–Crippen LogP) is 2.96. The summed E-state index contributed by atoms with van der Waals surface area (Å²) in [6.45, 7) is 3.51. The van der Waals surface area contributed by atoms with Gasteiger partial charge < -0.3 is 14.8 Å². The molecule has 5 heteroatoms. The van der Waals surface area contributed by atoms with Crippen molar-refractivity contribution in [2.75, 3.05) is 13.2 Å². The highest BCUT2D eigenvalue weighted by Crippen LogP contribution is 2.26. The van der Waals surface area contributed by atoms with E-state index in [1.54, 1.807) is 12.4 Å². The van der Waals surface area contributed by atoms with Gasteiger partial charge in [0, 0.05) is 25.4 Å². The molecule has 0 saturated heterocycles. The minimum Gasteiger partial charge on any atom is -0.490 e. The molecule has 0 fully saturated rings. The highest BCUT2D eigenvalue weighted by Gasteiger charge is 2.05. The van der Waals surface area contributed by atoms with Crippen LogP contribution in [0, 0.1) is 0 Å². The zero-order valence-corrected chi connectivity index (χ0v) is 13.3. The molecular formula is C18H22N2O3. The molecule has 1 aromatic carbocycles. The van der Waals surface area contributed by atoms with Crippen molar-refractivity contribution >= 4 is 5.91 Å². The van der Waals surface area contributed by atoms with Crippen molar-refractivity contribution < 1.29 is 14.3 Å². The molecule has 23 heavy (non-hydrogen) atoms. The number of nitrogens with one attached hydrogen (secondary N) is 1. The molecule has 0 spiro atoms. The van der Waals surface area contributed by atoms with Crippen LogP contribution in [0.4, 0.5) is 0 Å². The Morgan fingerprint density at radius 2 is 1.91 bits per heavy atom. The predicted molar refractivity (Wildman–Crippen MR) is 88.4 cm³/mol. The fourth-order valence-corrected chi connectivity index (χ4v) is 2.05. The Morgan fingerprint density at radius 1 is 1.13 bits per heavy atom. The SMILES string of the molecule is CCOc1ccccc1OCCCC(=O)NCc1cccnc1. The number of para-hydroxylation sites is 2. The lowest BCUT2D eigenvalue weighted by Crippen LogP contribution is -2.23. The second-order valence-corrected chi connectivity index (χ2v) is 4.97. The summed E-state index contributed by atoms with van der Waals surface area (Å²) in [5.41, 5.74) is 0.989. The largest absolute Gasteiger partial charge is 0.490 e. The van der Waals surface area contributed by atoms with Crippen molar-refractivity contribution in [3.8, 4) is 11.5 Å². The Kier molecular flexibility index (Phi) is 6.91. The van der Waals surface area contributed by atoms with E-state index in [1.165, 1.54) is 0 Å². The van der Waals surface area contributed by atoms with Crippen LogP contribution < -0.4 is 14.8 Å². The molecule has 0 atom stereocenters. The summed E-state index contributed by atoms with van der Waals surface area (Å²) in [4.78, 5) is 15.8. The molecule has 122 valence electrons. The van der Waals surface area contributed by atoms with Gasteiger partial charge in [0.05, 0.1) is 13.2 Å². The molecule has 0 aliphatic carbocycles. The zero-order chi connectivity index (χ0) is 16.3. The summed E-state index contributed by atoms with van der Waals surface area (Å²) in [6, 6.07) is 11.3. The van der Waals surface area contributed by atoms with Gasteiger partial charge in [-0.15, -0.1) is 0 Å². The lowest BCUT2D eigenvalue weighted by molar-refractivity contribution is -0.121. The van der Waals surface area contributed by atoms with E-state index in [1.807, 2.05) is 43.3 Å². The van der Waals surface area contributed by atoms with Gasteiger partial charge in [0.1, 0.15) is 0 Å². The fraction of sp³-hybridized carbons (Fsp3) is 0.333. The lowest BCUT2D eigenvalue weighted by atomic mass is 10.2. The van der Waals surface area contributed by atoms with E-state index < -0.39 is 0 Å². The summed E-state index contributed by atoms with van der Waals surface area (Å²) < 4.78 is 11.2. The van der Waals surface area contributed by atoms with Crippen molar-refractivity contribution in [1.82, 2.24) is 10.3 Å². The van der Waals surface area contributed by atoms with E-state index in [4.69, 9.17) is 9.47 Å². The van der Waals surface area contributed by atoms with E-state index in [-0.39, 0.29) is 5.91 Å². The second-order valence-electron chi connectivity index (χ2n) is 4.97. The molecule has 1 aromatic heterocycles. The monoisotopic (exact) mass is 314 g/mol. The maximum Gasteiger partial charge on any atom is 0.220 e. The first-order valence-electron chi connectivity index (χ1n) is 7.80. The number of benzene rings is 1. The summed E-state index contributed by atoms with van der Waals surface area (Å²) in [7, 11) is 0. The van der Waals surface area contributed by atoms with Crippen molar-refractivity contribution in [2.24, 2.45) is 0 Å². The molecule has 1 N–H and O–H groups in total. The van der Waals surface area contributed by atoms with Crippen molar-refractivity contribution in [3.05, 3.63) is 54.4 Å². The minimum atomic E-state index is 0.00977. The molecule has 1 amide bonds. The Labute approximate surface area is 136 Å². The summed E-state index contributed by atoms with van der Waals surface area (Å²) >= 11 is 0. The molecule has 0 aliphatic heterocycles. The Balaban J connectivity index is 1.66. The number of amides is 1. The van der Waals surface area contributed by atoms with Crippen LogP contribution in [0.25, 0.3) is 0 Å². The normalized spacial score (nSPS) is 10.1. The van der Waals surface area contributed by atoms with E-state index in [9.17, 15) is 4.79 Å². The van der Waals surface area contributed by atoms with E-state index in [0.29, 0.717) is 38.3 Å². The number of carbonyl (C=O) groups is 1. The molecule has 1 heterocycles. The molecule has 0 saturated carbocycles. The van der Waals surface area contributed by atoms with Crippen LogP contribution in [-0.4, -0.2) is 24.1 Å². The van der Waals surface area contributed by atoms with Gasteiger partial charge in [0.15, 0.2) is 11.5 Å². The number of nitrogens with zero attached hydrogens (tertiary/aromatic N) is 1. The molecule has 0 unspecified atom stereocenters. The number of hydrogen-bond donors (Lipinski definition) is 1. The third kappa shape index (κ3) is 5.98. The molecule has 2 rings (SSSR count). The van der Waals surface area contributed by atoms with Gasteiger partial charge in [-0.3, -0.25) is 9.78 Å². The number of aromatic nitrogens is 1. The van der Waals surface area contributed by atoms with Crippen molar-refractivity contribution in [3.63, 3.8) is 0 Å². The van der Waals surface area contributed by atoms with Crippen LogP contribution in [0.15, 0.2) is 48.8 Å². The van der Waals surface area contributed by atoms with Gasteiger partial charge in [0.2, 0.25) is 5.91 Å². The van der Waals surface area contributed by atoms with Gasteiger partial charge in [-0.05, 0) is 37.1 Å². The lowest BCUT2D eigenvalue weighted by Gasteiger charge is -2.11. The van der Waals surface area contributed by atoms with E-state index in [0.717, 1.165) is 11.3 Å². The number of pyridine rings is 1. The topological polar surface area (TPSA) is 60.5 Å². The van der Waals surface area contributed by atoms with Gasteiger partial charge in [-0.2, -0.15) is 0 Å². The van der Waals surface area contributed by atoms with Gasteiger partial charge in [-0.1, -0.05) is 18.2 Å². The minimum absolute atomic E-state index is 0.00977. The molecule has 0 radical (unpaired) electrons. The maximum atomic E-state index is 11.8. The Hall–Kier alpha value is -2.56. The highest BCUT2D eigenvalue weighted by molar-refractivity contribution is 5.75. The van der Waals surface area contributed by atoms with Crippen LogP contribution in [0.3, 0.4) is 0 Å². The third-order valence-corrected chi connectivity index (χ3v) is 3.17. The van der Waals surface area contributed by atoms with Gasteiger partial charge >= 0.3 is 0 Å². The summed E-state index contributed by atoms with van der Waals surface area (Å²) in [5.74, 6) is 1.46. The van der Waals surface area contributed by atoms with Crippen molar-refractivity contribution in [1.29, 1.82) is 0 Å². The maximum absolute atomic E-state index is 11.8. The van der Waals surface area contributed by atoms with Crippen LogP contribution in [-0.2, 0) is 11.3 Å². The zero-order valence-electron chi connectivity index (χ0n) is 13.3. The number of carbonyl (C=O) groups excluding carboxylic acids is 1. The molecular weight excluding hydrogens is 292 g/mol. The van der Waals surface area contributed by atoms with Crippen LogP contribution in [0.1, 0.15) is 25.3 Å². The van der Waals surface area contributed by atoms with Crippen LogP contribution in [0.5, 0.6) is 11.5 Å². The number of rotatable bonds is 9. The Bertz CT molecular complexity index is 602. The molecule has 0 aliphatic rings. The smallest absolute Gasteiger partial charge is 0.220 e. The van der Waals surface area contributed by atoms with E-state index >= 15 is 0 Å². The van der Waals surface area contributed by atoms with Crippen LogP contribution in [0.2, 0.25) is 0 Å². The molecule has 2 aromatic rings. The standard InChI is InChI=1S/C18H22N2O3/c1-2-22-16-8-3-4-9-17(16)23-12-6-10-18(21)20-14-15-7-5-11-19-13-15/h3-5,7-9,11,13H,2,6,10,12,14H2,1H3,(H,20,21). The first-order chi connectivity index (χ1) is 11.3. The third-order valence-electron chi connectivity index (χ3n) is 3.17. The average Bonchev–Trinajstić information content (AvgIpc) is 2.59. The molecule has 0 bridgehead atoms. The van der Waals surface area contributed by atoms with Gasteiger partial charge in [-0.25, -0.2) is 0 Å².